The fourth-order valence-corrected chi connectivity index (χ4v) is 2.01. The van der Waals surface area contributed by atoms with E-state index in [0.29, 0.717) is 0 Å². The third-order valence-corrected chi connectivity index (χ3v) is 3.77. The fraction of sp³-hybridized carbons (Fsp3) is 0.364. The predicted octanol–water partition coefficient (Wildman–Crippen LogP) is 1.48. The summed E-state index contributed by atoms with van der Waals surface area (Å²) in [4.78, 5) is 25.7. The molecule has 2 rings (SSSR count). The van der Waals surface area contributed by atoms with Gasteiger partial charge in [0.15, 0.2) is 6.61 Å². The molecule has 1 aliphatic rings. The number of rotatable bonds is 4. The van der Waals surface area contributed by atoms with Crippen molar-refractivity contribution in [1.29, 1.82) is 0 Å². The molecule has 0 aliphatic heterocycles. The van der Waals surface area contributed by atoms with Crippen molar-refractivity contribution in [1.82, 2.24) is 5.32 Å². The van der Waals surface area contributed by atoms with Crippen LogP contribution in [0.4, 0.5) is 5.69 Å². The van der Waals surface area contributed by atoms with E-state index in [1.165, 1.54) is 0 Å². The van der Waals surface area contributed by atoms with Gasteiger partial charge in [0.05, 0.1) is 5.69 Å². The number of amides is 1. The van der Waals surface area contributed by atoms with Gasteiger partial charge in [-0.25, -0.2) is 4.79 Å². The Morgan fingerprint density at radius 1 is 1.30 bits per heavy atom. The fourth-order valence-electron chi connectivity index (χ4n) is 1.41. The van der Waals surface area contributed by atoms with Crippen LogP contribution < -0.4 is 16.0 Å². The van der Waals surface area contributed by atoms with Crippen molar-refractivity contribution in [2.45, 2.75) is 18.9 Å². The molecule has 1 fully saturated rings. The highest BCUT2D eigenvalue weighted by molar-refractivity contribution is 6.45. The summed E-state index contributed by atoms with van der Waals surface area (Å²) in [6.45, 7) is -0.403. The zero-order valence-electron chi connectivity index (χ0n) is 10.1. The van der Waals surface area contributed by atoms with E-state index in [-0.39, 0.29) is 38.5 Å². The van der Waals surface area contributed by atoms with E-state index in [0.717, 1.165) is 12.8 Å². The normalized spacial score (nSPS) is 13.9. The van der Waals surface area contributed by atoms with Crippen LogP contribution in [0.15, 0.2) is 0 Å². The summed E-state index contributed by atoms with van der Waals surface area (Å²) in [7, 11) is 0. The lowest BCUT2D eigenvalue weighted by atomic mass is 10.3. The number of hydrogen-bond acceptors (Lipinski definition) is 4. The highest BCUT2D eigenvalue weighted by Gasteiger charge is 2.28. The molecular weight excluding hydrogens is 328 g/mol. The first-order valence-electron chi connectivity index (χ1n) is 5.72. The van der Waals surface area contributed by atoms with E-state index < -0.39 is 12.6 Å². The minimum atomic E-state index is -0.841. The second-order valence-electron chi connectivity index (χ2n) is 4.27. The van der Waals surface area contributed by atoms with Crippen LogP contribution in [0.2, 0.25) is 15.2 Å². The van der Waals surface area contributed by atoms with Crippen molar-refractivity contribution in [2.24, 2.45) is 0 Å². The summed E-state index contributed by atoms with van der Waals surface area (Å²) in [6.07, 6.45) is 1.89. The number of carbonyl (C=O) groups excluding carboxylic acids is 2. The third kappa shape index (κ3) is 3.45. The van der Waals surface area contributed by atoms with Gasteiger partial charge in [0.2, 0.25) is 0 Å². The Morgan fingerprint density at radius 3 is 2.55 bits per heavy atom. The Kier molecular flexibility index (Phi) is 4.57. The van der Waals surface area contributed by atoms with Crippen molar-refractivity contribution < 1.29 is 19.3 Å². The van der Waals surface area contributed by atoms with Crippen molar-refractivity contribution >= 4 is 52.4 Å². The SMILES string of the molecule is Nc1c(Cl)c(Cl)[nH+]c(C(=O)OCC(=O)NC2CC2)c1Cl. The number of nitrogens with two attached hydrogens (primary N) is 1. The molecule has 0 spiro atoms. The largest absolute Gasteiger partial charge is 0.448 e. The molecule has 0 unspecified atom stereocenters. The first kappa shape index (κ1) is 15.2. The lowest BCUT2D eigenvalue weighted by Crippen LogP contribution is -2.31. The summed E-state index contributed by atoms with van der Waals surface area (Å²) in [5, 5.41) is 2.55. The minimum Gasteiger partial charge on any atom is -0.448 e. The van der Waals surface area contributed by atoms with Crippen LogP contribution in [-0.2, 0) is 9.53 Å². The van der Waals surface area contributed by atoms with Gasteiger partial charge in [-0.1, -0.05) is 23.2 Å². The van der Waals surface area contributed by atoms with Gasteiger partial charge in [-0.2, -0.15) is 4.98 Å². The third-order valence-electron chi connectivity index (χ3n) is 2.60. The number of ether oxygens (including phenoxy) is 1. The van der Waals surface area contributed by atoms with Crippen LogP contribution in [0.3, 0.4) is 0 Å². The average Bonchev–Trinajstić information content (AvgIpc) is 3.21. The Hall–Kier alpha value is -1.24. The van der Waals surface area contributed by atoms with Gasteiger partial charge in [-0.3, -0.25) is 4.79 Å². The molecular formula is C11H11Cl3N3O3+. The van der Waals surface area contributed by atoms with Crippen LogP contribution in [-0.4, -0.2) is 24.5 Å². The number of aromatic nitrogens is 1. The van der Waals surface area contributed by atoms with Gasteiger partial charge < -0.3 is 15.8 Å². The second-order valence-corrected chi connectivity index (χ2v) is 5.41. The Balaban J connectivity index is 2.03. The highest BCUT2D eigenvalue weighted by Crippen LogP contribution is 2.32. The van der Waals surface area contributed by atoms with Crippen LogP contribution in [0.1, 0.15) is 23.3 Å². The molecule has 0 bridgehead atoms. The molecule has 1 heterocycles. The molecule has 1 saturated carbocycles. The number of aromatic amines is 1. The second kappa shape index (κ2) is 6.03. The number of esters is 1. The quantitative estimate of drug-likeness (QED) is 0.641. The number of anilines is 1. The molecule has 108 valence electrons. The smallest absolute Gasteiger partial charge is 0.405 e. The molecule has 0 saturated heterocycles. The number of nitrogen functional groups attached to an aromatic ring is 1. The van der Waals surface area contributed by atoms with Crippen LogP contribution in [0.25, 0.3) is 0 Å². The highest BCUT2D eigenvalue weighted by atomic mass is 35.5. The Morgan fingerprint density at radius 2 is 1.95 bits per heavy atom. The Bertz CT molecular complexity index is 576. The first-order valence-corrected chi connectivity index (χ1v) is 6.85. The van der Waals surface area contributed by atoms with Gasteiger partial charge in [-0.15, -0.1) is 0 Å². The number of nitrogens with one attached hydrogen (secondary N) is 2. The standard InChI is InChI=1S/C11H10Cl3N3O3/c12-6-8(15)7(13)10(14)17-9(6)11(19)20-3-5(18)16-4-1-2-4/h4H,1-3H2,(H2,15,17)(H,16,18)/p+1. The molecule has 4 N–H and O–H groups in total. The topological polar surface area (TPSA) is 95.6 Å². The van der Waals surface area contributed by atoms with E-state index in [2.05, 4.69) is 10.3 Å². The van der Waals surface area contributed by atoms with Crippen molar-refractivity contribution in [2.75, 3.05) is 12.3 Å². The van der Waals surface area contributed by atoms with Gasteiger partial charge in [0.1, 0.15) is 10.0 Å². The molecule has 0 aromatic carbocycles. The number of carbonyl (C=O) groups is 2. The molecule has 1 amide bonds. The number of pyridine rings is 1. The maximum atomic E-state index is 11.8. The zero-order chi connectivity index (χ0) is 14.9. The molecule has 20 heavy (non-hydrogen) atoms. The zero-order valence-corrected chi connectivity index (χ0v) is 12.4. The van der Waals surface area contributed by atoms with Crippen molar-refractivity contribution in [3.63, 3.8) is 0 Å². The van der Waals surface area contributed by atoms with E-state index >= 15 is 0 Å². The Labute approximate surface area is 129 Å². The molecule has 6 nitrogen and oxygen atoms in total. The van der Waals surface area contributed by atoms with Gasteiger partial charge >= 0.3 is 11.7 Å². The van der Waals surface area contributed by atoms with E-state index in [4.69, 9.17) is 45.3 Å². The summed E-state index contributed by atoms with van der Waals surface area (Å²) < 4.78 is 4.83. The monoisotopic (exact) mass is 338 g/mol. The molecule has 1 aromatic rings. The van der Waals surface area contributed by atoms with E-state index in [1.54, 1.807) is 0 Å². The summed E-state index contributed by atoms with van der Waals surface area (Å²) in [5.41, 5.74) is 5.41. The van der Waals surface area contributed by atoms with Crippen LogP contribution in [0.5, 0.6) is 0 Å². The first-order chi connectivity index (χ1) is 9.40. The number of H-pyrrole nitrogens is 1. The summed E-state index contributed by atoms with van der Waals surface area (Å²) in [6, 6.07) is 0.192. The lowest BCUT2D eigenvalue weighted by molar-refractivity contribution is -0.380. The molecule has 9 heteroatoms. The maximum Gasteiger partial charge on any atom is 0.405 e. The van der Waals surface area contributed by atoms with E-state index in [9.17, 15) is 9.59 Å². The average molecular weight is 340 g/mol. The van der Waals surface area contributed by atoms with Crippen LogP contribution in [0, 0.1) is 0 Å². The molecule has 1 aliphatic carbocycles. The lowest BCUT2D eigenvalue weighted by Gasteiger charge is -2.05. The van der Waals surface area contributed by atoms with Crippen molar-refractivity contribution in [3.8, 4) is 0 Å². The number of hydrogen-bond donors (Lipinski definition) is 2. The summed E-state index contributed by atoms with van der Waals surface area (Å²) in [5.74, 6) is -1.21. The molecule has 0 radical (unpaired) electrons. The van der Waals surface area contributed by atoms with E-state index in [1.807, 2.05) is 0 Å². The summed E-state index contributed by atoms with van der Waals surface area (Å²) >= 11 is 17.4. The van der Waals surface area contributed by atoms with Gasteiger partial charge in [0, 0.05) is 6.04 Å². The minimum absolute atomic E-state index is 0.0136. The van der Waals surface area contributed by atoms with Crippen molar-refractivity contribution in [3.05, 3.63) is 20.9 Å². The van der Waals surface area contributed by atoms with Gasteiger partial charge in [-0.05, 0) is 24.4 Å². The number of halogens is 3. The van der Waals surface area contributed by atoms with Gasteiger partial charge in [0.25, 0.3) is 11.1 Å². The molecule has 1 aromatic heterocycles. The predicted molar refractivity (Wildman–Crippen MR) is 73.9 cm³/mol. The molecule has 0 atom stereocenters. The maximum absolute atomic E-state index is 11.8. The van der Waals surface area contributed by atoms with Crippen LogP contribution >= 0.6 is 34.8 Å².